The molecule has 0 spiro atoms. The Bertz CT molecular complexity index is 699. The van der Waals surface area contributed by atoms with E-state index in [0.29, 0.717) is 31.0 Å². The third kappa shape index (κ3) is 6.53. The highest BCUT2D eigenvalue weighted by atomic mass is 35.5. The molecule has 2 heterocycles. The van der Waals surface area contributed by atoms with Crippen molar-refractivity contribution in [2.24, 2.45) is 0 Å². The molecule has 1 aromatic carbocycles. The van der Waals surface area contributed by atoms with E-state index in [1.165, 1.54) is 38.1 Å². The van der Waals surface area contributed by atoms with Crippen molar-refractivity contribution in [3.63, 3.8) is 0 Å². The summed E-state index contributed by atoms with van der Waals surface area (Å²) in [6, 6.07) is 6.33. The summed E-state index contributed by atoms with van der Waals surface area (Å²) in [6.07, 6.45) is 4.82. The SMILES string of the molecule is Cl.Cl.OC1(C(CN2CCC(N3CCCC3)CC2)c2cccc(C(F)(F)F)c2)CCCCC1. The third-order valence-corrected chi connectivity index (χ3v) is 7.64. The average molecular weight is 497 g/mol. The Morgan fingerprint density at radius 3 is 2.16 bits per heavy atom. The molecule has 0 bridgehead atoms. The number of likely N-dealkylation sites (tertiary alicyclic amines) is 2. The number of benzene rings is 1. The first-order valence-electron chi connectivity index (χ1n) is 11.7. The Balaban J connectivity index is 0.00000181. The van der Waals surface area contributed by atoms with Crippen LogP contribution in [0.3, 0.4) is 0 Å². The van der Waals surface area contributed by atoms with Crippen molar-refractivity contribution in [2.45, 2.75) is 81.5 Å². The van der Waals surface area contributed by atoms with Gasteiger partial charge in [0.1, 0.15) is 0 Å². The Labute approximate surface area is 202 Å². The molecule has 4 rings (SSSR count). The van der Waals surface area contributed by atoms with E-state index in [4.69, 9.17) is 0 Å². The summed E-state index contributed by atoms with van der Waals surface area (Å²) >= 11 is 0. The van der Waals surface area contributed by atoms with Crippen LogP contribution in [0.15, 0.2) is 24.3 Å². The van der Waals surface area contributed by atoms with Crippen LogP contribution in [0, 0.1) is 0 Å². The lowest BCUT2D eigenvalue weighted by Gasteiger charge is -2.44. The molecule has 1 unspecified atom stereocenters. The van der Waals surface area contributed by atoms with E-state index in [-0.39, 0.29) is 30.7 Å². The van der Waals surface area contributed by atoms with Crippen molar-refractivity contribution in [2.75, 3.05) is 32.7 Å². The topological polar surface area (TPSA) is 26.7 Å². The van der Waals surface area contributed by atoms with Crippen LogP contribution < -0.4 is 0 Å². The molecule has 2 aliphatic heterocycles. The second-order valence-electron chi connectivity index (χ2n) is 9.61. The average Bonchev–Trinajstić information content (AvgIpc) is 3.27. The molecule has 1 aromatic rings. The summed E-state index contributed by atoms with van der Waals surface area (Å²) in [5.41, 5.74) is -0.887. The summed E-state index contributed by atoms with van der Waals surface area (Å²) in [5.74, 6) is -0.275. The number of aliphatic hydroxyl groups is 1. The van der Waals surface area contributed by atoms with E-state index >= 15 is 0 Å². The fraction of sp³-hybridized carbons (Fsp3) is 0.750. The molecule has 2 saturated heterocycles. The Morgan fingerprint density at radius 2 is 1.56 bits per heavy atom. The van der Waals surface area contributed by atoms with Gasteiger partial charge in [-0.1, -0.05) is 37.5 Å². The lowest BCUT2D eigenvalue weighted by molar-refractivity contribution is -0.137. The van der Waals surface area contributed by atoms with Gasteiger partial charge in [0.25, 0.3) is 0 Å². The van der Waals surface area contributed by atoms with Crippen LogP contribution in [0.1, 0.15) is 74.8 Å². The van der Waals surface area contributed by atoms with E-state index in [9.17, 15) is 18.3 Å². The van der Waals surface area contributed by atoms with Gasteiger partial charge in [-0.25, -0.2) is 0 Å². The lowest BCUT2D eigenvalue weighted by Crippen LogP contribution is -2.48. The number of halogens is 5. The second-order valence-corrected chi connectivity index (χ2v) is 9.61. The van der Waals surface area contributed by atoms with Gasteiger partial charge in [0.05, 0.1) is 11.2 Å². The highest BCUT2D eigenvalue weighted by molar-refractivity contribution is 5.85. The van der Waals surface area contributed by atoms with Gasteiger partial charge in [0.2, 0.25) is 0 Å². The molecule has 1 saturated carbocycles. The molecule has 0 radical (unpaired) electrons. The largest absolute Gasteiger partial charge is 0.416 e. The standard InChI is InChI=1S/C24H35F3N2O.2ClH/c25-24(26,27)20-8-6-7-19(17-20)22(23(30)11-2-1-3-12-23)18-28-15-9-21(10-16-28)29-13-4-5-14-29;;/h6-8,17,21-22,30H,1-5,9-16,18H2;2*1H. The smallest absolute Gasteiger partial charge is 0.389 e. The third-order valence-electron chi connectivity index (χ3n) is 7.64. The van der Waals surface area contributed by atoms with Crippen molar-refractivity contribution >= 4 is 24.8 Å². The molecule has 1 aliphatic carbocycles. The minimum Gasteiger partial charge on any atom is -0.389 e. The van der Waals surface area contributed by atoms with Crippen molar-refractivity contribution in [1.82, 2.24) is 9.80 Å². The number of alkyl halides is 3. The van der Waals surface area contributed by atoms with Crippen LogP contribution in [0.5, 0.6) is 0 Å². The first-order valence-corrected chi connectivity index (χ1v) is 11.7. The quantitative estimate of drug-likeness (QED) is 0.550. The first kappa shape index (κ1) is 27.7. The number of rotatable bonds is 5. The van der Waals surface area contributed by atoms with Gasteiger partial charge in [-0.05, 0) is 76.3 Å². The molecule has 184 valence electrons. The second kappa shape index (κ2) is 11.7. The Hall–Kier alpha value is -0.530. The molecular weight excluding hydrogens is 460 g/mol. The number of hydrogen-bond acceptors (Lipinski definition) is 3. The van der Waals surface area contributed by atoms with E-state index in [1.54, 1.807) is 6.07 Å². The molecular formula is C24H37Cl2F3N2O. The van der Waals surface area contributed by atoms with Gasteiger partial charge in [0, 0.05) is 18.5 Å². The zero-order valence-corrected chi connectivity index (χ0v) is 20.3. The fourth-order valence-corrected chi connectivity index (χ4v) is 5.86. The maximum atomic E-state index is 13.3. The molecule has 1 N–H and O–H groups in total. The van der Waals surface area contributed by atoms with Crippen molar-refractivity contribution in [3.05, 3.63) is 35.4 Å². The van der Waals surface area contributed by atoms with Crippen LogP contribution in [-0.4, -0.2) is 59.3 Å². The highest BCUT2D eigenvalue weighted by Crippen LogP contribution is 2.42. The molecule has 3 aliphatic rings. The predicted molar refractivity (Wildman–Crippen MR) is 127 cm³/mol. The van der Waals surface area contributed by atoms with E-state index in [0.717, 1.165) is 51.3 Å². The monoisotopic (exact) mass is 496 g/mol. The zero-order chi connectivity index (χ0) is 21.2. The number of nitrogens with zero attached hydrogens (tertiary/aromatic N) is 2. The zero-order valence-electron chi connectivity index (χ0n) is 18.7. The number of piperidine rings is 1. The summed E-state index contributed by atoms with van der Waals surface area (Å²) in [5, 5.41) is 11.5. The van der Waals surface area contributed by atoms with Crippen LogP contribution in [0.25, 0.3) is 0 Å². The molecule has 0 aromatic heterocycles. The van der Waals surface area contributed by atoms with Gasteiger partial charge >= 0.3 is 6.18 Å². The maximum Gasteiger partial charge on any atom is 0.416 e. The summed E-state index contributed by atoms with van der Waals surface area (Å²) in [7, 11) is 0. The van der Waals surface area contributed by atoms with Crippen LogP contribution in [0.2, 0.25) is 0 Å². The van der Waals surface area contributed by atoms with Crippen molar-refractivity contribution in [1.29, 1.82) is 0 Å². The van der Waals surface area contributed by atoms with E-state index < -0.39 is 17.3 Å². The van der Waals surface area contributed by atoms with E-state index in [2.05, 4.69) is 9.80 Å². The van der Waals surface area contributed by atoms with Crippen LogP contribution >= 0.6 is 24.8 Å². The summed E-state index contributed by atoms with van der Waals surface area (Å²) in [6.45, 7) is 4.98. The normalized spacial score (nSPS) is 23.9. The van der Waals surface area contributed by atoms with Crippen LogP contribution in [-0.2, 0) is 6.18 Å². The van der Waals surface area contributed by atoms with E-state index in [1.807, 2.05) is 0 Å². The Morgan fingerprint density at radius 1 is 0.938 bits per heavy atom. The maximum absolute atomic E-state index is 13.3. The molecule has 8 heteroatoms. The van der Waals surface area contributed by atoms with Crippen molar-refractivity contribution < 1.29 is 18.3 Å². The highest BCUT2D eigenvalue weighted by Gasteiger charge is 2.41. The molecule has 32 heavy (non-hydrogen) atoms. The van der Waals surface area contributed by atoms with Gasteiger partial charge in [-0.15, -0.1) is 24.8 Å². The molecule has 1 atom stereocenters. The number of hydrogen-bond donors (Lipinski definition) is 1. The van der Waals surface area contributed by atoms with Gasteiger partial charge in [0.15, 0.2) is 0 Å². The lowest BCUT2D eigenvalue weighted by atomic mass is 9.72. The minimum atomic E-state index is -4.36. The summed E-state index contributed by atoms with van der Waals surface area (Å²) in [4.78, 5) is 4.99. The summed E-state index contributed by atoms with van der Waals surface area (Å²) < 4.78 is 40.0. The van der Waals surface area contributed by atoms with Crippen LogP contribution in [0.4, 0.5) is 13.2 Å². The molecule has 3 fully saturated rings. The first-order chi connectivity index (χ1) is 14.4. The fourth-order valence-electron chi connectivity index (χ4n) is 5.86. The molecule has 3 nitrogen and oxygen atoms in total. The van der Waals surface area contributed by atoms with Gasteiger partial charge in [-0.2, -0.15) is 13.2 Å². The predicted octanol–water partition coefficient (Wildman–Crippen LogP) is 5.89. The minimum absolute atomic E-state index is 0. The molecule has 0 amide bonds. The van der Waals surface area contributed by atoms with Gasteiger partial charge in [-0.3, -0.25) is 0 Å². The van der Waals surface area contributed by atoms with Gasteiger partial charge < -0.3 is 14.9 Å². The van der Waals surface area contributed by atoms with Crippen molar-refractivity contribution in [3.8, 4) is 0 Å². The Kier molecular flexibility index (Phi) is 10.2.